The number of hydrogen-bond donors (Lipinski definition) is 0. The molecule has 0 aliphatic carbocycles. The SMILES string of the molecule is Cc1nccc(OC2CCN(S(=O)(=O)c3ccc(Br)s3)CC2)n1. The minimum Gasteiger partial charge on any atom is -0.474 e. The summed E-state index contributed by atoms with van der Waals surface area (Å²) in [6.45, 7) is 2.71. The van der Waals surface area contributed by atoms with Crippen molar-refractivity contribution in [2.24, 2.45) is 0 Å². The Labute approximate surface area is 147 Å². The number of aryl methyl sites for hydroxylation is 1. The Morgan fingerprint density at radius 1 is 1.30 bits per heavy atom. The molecule has 1 saturated heterocycles. The van der Waals surface area contributed by atoms with Crippen LogP contribution in [0, 0.1) is 6.92 Å². The maximum absolute atomic E-state index is 12.6. The fourth-order valence-electron chi connectivity index (χ4n) is 2.42. The summed E-state index contributed by atoms with van der Waals surface area (Å²) >= 11 is 4.54. The Balaban J connectivity index is 1.62. The number of piperidine rings is 1. The third-order valence-corrected chi connectivity index (χ3v) is 7.57. The Kier molecular flexibility index (Phi) is 5.00. The van der Waals surface area contributed by atoms with Gasteiger partial charge in [0.15, 0.2) is 0 Å². The van der Waals surface area contributed by atoms with Gasteiger partial charge in [0.25, 0.3) is 10.0 Å². The van der Waals surface area contributed by atoms with E-state index in [9.17, 15) is 8.42 Å². The second kappa shape index (κ2) is 6.84. The second-order valence-electron chi connectivity index (χ2n) is 5.22. The first-order chi connectivity index (χ1) is 10.9. The van der Waals surface area contributed by atoms with Gasteiger partial charge in [0.05, 0.1) is 3.79 Å². The van der Waals surface area contributed by atoms with Gasteiger partial charge in [0, 0.05) is 25.4 Å². The fraction of sp³-hybridized carbons (Fsp3) is 0.429. The van der Waals surface area contributed by atoms with Crippen LogP contribution in [0.1, 0.15) is 18.7 Å². The molecule has 0 amide bonds. The highest BCUT2D eigenvalue weighted by Crippen LogP contribution is 2.30. The first-order valence-electron chi connectivity index (χ1n) is 7.17. The minimum atomic E-state index is -3.40. The normalized spacial score (nSPS) is 17.3. The smallest absolute Gasteiger partial charge is 0.252 e. The van der Waals surface area contributed by atoms with Gasteiger partial charge >= 0.3 is 0 Å². The van der Waals surface area contributed by atoms with Crippen LogP contribution in [-0.2, 0) is 10.0 Å². The molecule has 0 radical (unpaired) electrons. The molecule has 0 saturated carbocycles. The summed E-state index contributed by atoms with van der Waals surface area (Å²) in [5, 5.41) is 0. The van der Waals surface area contributed by atoms with E-state index in [1.54, 1.807) is 31.3 Å². The van der Waals surface area contributed by atoms with Crippen LogP contribution in [0.15, 0.2) is 32.4 Å². The number of aromatic nitrogens is 2. The molecule has 23 heavy (non-hydrogen) atoms. The van der Waals surface area contributed by atoms with Gasteiger partial charge < -0.3 is 4.74 Å². The van der Waals surface area contributed by atoms with Crippen LogP contribution in [0.2, 0.25) is 0 Å². The predicted octanol–water partition coefficient (Wildman–Crippen LogP) is 2.84. The maximum Gasteiger partial charge on any atom is 0.252 e. The topological polar surface area (TPSA) is 72.4 Å². The third-order valence-electron chi connectivity index (χ3n) is 3.58. The zero-order valence-corrected chi connectivity index (χ0v) is 15.7. The lowest BCUT2D eigenvalue weighted by Crippen LogP contribution is -2.41. The van der Waals surface area contributed by atoms with Gasteiger partial charge in [-0.25, -0.2) is 13.4 Å². The highest BCUT2D eigenvalue weighted by Gasteiger charge is 2.31. The quantitative estimate of drug-likeness (QED) is 0.764. The lowest BCUT2D eigenvalue weighted by atomic mass is 10.1. The molecule has 0 atom stereocenters. The molecule has 1 fully saturated rings. The van der Waals surface area contributed by atoms with E-state index in [4.69, 9.17) is 4.74 Å². The van der Waals surface area contributed by atoms with Crippen molar-refractivity contribution in [3.05, 3.63) is 34.0 Å². The van der Waals surface area contributed by atoms with Gasteiger partial charge in [-0.05, 0) is 47.8 Å². The van der Waals surface area contributed by atoms with Crippen LogP contribution in [0.5, 0.6) is 5.88 Å². The third kappa shape index (κ3) is 3.90. The average Bonchev–Trinajstić information content (AvgIpc) is 2.95. The van der Waals surface area contributed by atoms with Gasteiger partial charge in [-0.3, -0.25) is 0 Å². The average molecular weight is 418 g/mol. The first-order valence-corrected chi connectivity index (χ1v) is 10.2. The van der Waals surface area contributed by atoms with Crippen LogP contribution in [0.4, 0.5) is 0 Å². The lowest BCUT2D eigenvalue weighted by molar-refractivity contribution is 0.129. The highest BCUT2D eigenvalue weighted by atomic mass is 79.9. The number of halogens is 1. The molecule has 2 aromatic rings. The van der Waals surface area contributed by atoms with E-state index in [1.807, 2.05) is 0 Å². The summed E-state index contributed by atoms with van der Waals surface area (Å²) in [7, 11) is -3.40. The standard InChI is InChI=1S/C14H16BrN3O3S2/c1-10-16-7-4-13(17-10)21-11-5-8-18(9-6-11)23(19,20)14-3-2-12(15)22-14/h2-4,7,11H,5-6,8-9H2,1H3. The largest absolute Gasteiger partial charge is 0.474 e. The van der Waals surface area contributed by atoms with Crippen molar-refractivity contribution in [1.82, 2.24) is 14.3 Å². The van der Waals surface area contributed by atoms with Crippen LogP contribution in [0.25, 0.3) is 0 Å². The molecule has 3 heterocycles. The number of ether oxygens (including phenoxy) is 1. The Morgan fingerprint density at radius 2 is 2.04 bits per heavy atom. The van der Waals surface area contributed by atoms with E-state index in [0.29, 0.717) is 41.8 Å². The van der Waals surface area contributed by atoms with Gasteiger partial charge in [0.2, 0.25) is 5.88 Å². The number of rotatable bonds is 4. The Hall–Kier alpha value is -1.03. The summed E-state index contributed by atoms with van der Waals surface area (Å²) in [4.78, 5) is 8.25. The zero-order chi connectivity index (χ0) is 16.4. The summed E-state index contributed by atoms with van der Waals surface area (Å²) in [6.07, 6.45) is 2.93. The molecule has 0 N–H and O–H groups in total. The molecule has 6 nitrogen and oxygen atoms in total. The van der Waals surface area contributed by atoms with Crippen molar-refractivity contribution in [2.45, 2.75) is 30.1 Å². The van der Waals surface area contributed by atoms with E-state index in [1.165, 1.54) is 15.6 Å². The van der Waals surface area contributed by atoms with Gasteiger partial charge in [-0.2, -0.15) is 9.29 Å². The molecular formula is C14H16BrN3O3S2. The monoisotopic (exact) mass is 417 g/mol. The predicted molar refractivity (Wildman–Crippen MR) is 91.2 cm³/mol. The van der Waals surface area contributed by atoms with E-state index in [0.717, 1.165) is 3.79 Å². The van der Waals surface area contributed by atoms with Gasteiger partial charge in [-0.15, -0.1) is 11.3 Å². The van der Waals surface area contributed by atoms with Crippen molar-refractivity contribution in [1.29, 1.82) is 0 Å². The van der Waals surface area contributed by atoms with Gasteiger partial charge in [-0.1, -0.05) is 0 Å². The molecule has 124 valence electrons. The van der Waals surface area contributed by atoms with Crippen molar-refractivity contribution in [3.63, 3.8) is 0 Å². The molecule has 0 bridgehead atoms. The molecule has 2 aromatic heterocycles. The fourth-order valence-corrected chi connectivity index (χ4v) is 6.06. The van der Waals surface area contributed by atoms with Crippen LogP contribution >= 0.6 is 27.3 Å². The van der Waals surface area contributed by atoms with Crippen molar-refractivity contribution in [2.75, 3.05) is 13.1 Å². The van der Waals surface area contributed by atoms with Crippen molar-refractivity contribution >= 4 is 37.3 Å². The summed E-state index contributed by atoms with van der Waals surface area (Å²) < 4.78 is 33.7. The van der Waals surface area contributed by atoms with E-state index in [-0.39, 0.29) is 6.10 Å². The van der Waals surface area contributed by atoms with Crippen LogP contribution in [-0.4, -0.2) is 41.9 Å². The molecular weight excluding hydrogens is 402 g/mol. The van der Waals surface area contributed by atoms with E-state index in [2.05, 4.69) is 25.9 Å². The lowest BCUT2D eigenvalue weighted by Gasteiger charge is -2.30. The Bertz CT molecular complexity index is 786. The maximum atomic E-state index is 12.6. The molecule has 0 unspecified atom stereocenters. The second-order valence-corrected chi connectivity index (χ2v) is 9.85. The summed E-state index contributed by atoms with van der Waals surface area (Å²) in [6, 6.07) is 5.11. The molecule has 0 aromatic carbocycles. The summed E-state index contributed by atoms with van der Waals surface area (Å²) in [5.41, 5.74) is 0. The van der Waals surface area contributed by atoms with E-state index >= 15 is 0 Å². The van der Waals surface area contributed by atoms with E-state index < -0.39 is 10.0 Å². The van der Waals surface area contributed by atoms with Crippen molar-refractivity contribution < 1.29 is 13.2 Å². The molecule has 3 rings (SSSR count). The number of hydrogen-bond acceptors (Lipinski definition) is 6. The zero-order valence-electron chi connectivity index (χ0n) is 12.5. The molecule has 1 aliphatic rings. The number of nitrogens with zero attached hydrogens (tertiary/aromatic N) is 3. The molecule has 0 spiro atoms. The highest BCUT2D eigenvalue weighted by molar-refractivity contribution is 9.11. The minimum absolute atomic E-state index is 0.0224. The van der Waals surface area contributed by atoms with Gasteiger partial charge in [0.1, 0.15) is 16.1 Å². The molecule has 1 aliphatic heterocycles. The van der Waals surface area contributed by atoms with Crippen LogP contribution < -0.4 is 4.74 Å². The number of thiophene rings is 1. The van der Waals surface area contributed by atoms with Crippen molar-refractivity contribution in [3.8, 4) is 5.88 Å². The summed E-state index contributed by atoms with van der Waals surface area (Å²) in [5.74, 6) is 1.20. The van der Waals surface area contributed by atoms with Crippen LogP contribution in [0.3, 0.4) is 0 Å². The number of sulfonamides is 1. The Morgan fingerprint density at radius 3 is 2.65 bits per heavy atom. The molecule has 9 heteroatoms. The first kappa shape index (κ1) is 16.8.